The first-order valence-electron chi connectivity index (χ1n) is 8.72. The molecule has 26 heavy (non-hydrogen) atoms. The SMILES string of the molecule is Clc1cccc([C@@H]2Oc3ccccc3[C@H]3CC(c4ccccc4)=NN32)c1. The van der Waals surface area contributed by atoms with Crippen LogP contribution < -0.4 is 4.74 Å². The molecule has 3 nitrogen and oxygen atoms in total. The van der Waals surface area contributed by atoms with Crippen LogP contribution in [0.3, 0.4) is 0 Å². The van der Waals surface area contributed by atoms with Gasteiger partial charge in [0.25, 0.3) is 0 Å². The van der Waals surface area contributed by atoms with E-state index >= 15 is 0 Å². The third-order valence-electron chi connectivity index (χ3n) is 4.94. The van der Waals surface area contributed by atoms with Crippen molar-refractivity contribution in [3.63, 3.8) is 0 Å². The largest absolute Gasteiger partial charge is 0.464 e. The lowest BCUT2D eigenvalue weighted by Crippen LogP contribution is -2.33. The minimum absolute atomic E-state index is 0.166. The van der Waals surface area contributed by atoms with Crippen LogP contribution >= 0.6 is 11.6 Å². The number of nitrogens with zero attached hydrogens (tertiary/aromatic N) is 2. The third kappa shape index (κ3) is 2.56. The number of hydrogen-bond acceptors (Lipinski definition) is 3. The molecule has 0 spiro atoms. The quantitative estimate of drug-likeness (QED) is 0.595. The van der Waals surface area contributed by atoms with Crippen molar-refractivity contribution in [3.8, 4) is 5.75 Å². The van der Waals surface area contributed by atoms with Gasteiger partial charge in [0.05, 0.1) is 11.8 Å². The van der Waals surface area contributed by atoms with Crippen molar-refractivity contribution >= 4 is 17.3 Å². The van der Waals surface area contributed by atoms with Crippen molar-refractivity contribution in [1.82, 2.24) is 5.01 Å². The Kier molecular flexibility index (Phi) is 3.68. The summed E-state index contributed by atoms with van der Waals surface area (Å²) < 4.78 is 6.33. The zero-order valence-corrected chi connectivity index (χ0v) is 14.8. The smallest absolute Gasteiger partial charge is 0.213 e. The molecule has 128 valence electrons. The highest BCUT2D eigenvalue weighted by Crippen LogP contribution is 2.47. The fourth-order valence-electron chi connectivity index (χ4n) is 3.72. The number of para-hydroxylation sites is 1. The molecule has 0 bridgehead atoms. The topological polar surface area (TPSA) is 24.8 Å². The van der Waals surface area contributed by atoms with Gasteiger partial charge in [0.15, 0.2) is 0 Å². The van der Waals surface area contributed by atoms with Crippen LogP contribution in [0.2, 0.25) is 5.02 Å². The number of benzene rings is 3. The number of ether oxygens (including phenoxy) is 1. The number of rotatable bonds is 2. The predicted molar refractivity (Wildman–Crippen MR) is 103 cm³/mol. The number of halogens is 1. The summed E-state index contributed by atoms with van der Waals surface area (Å²) in [7, 11) is 0. The minimum atomic E-state index is -0.283. The van der Waals surface area contributed by atoms with Crippen molar-refractivity contribution in [1.29, 1.82) is 0 Å². The van der Waals surface area contributed by atoms with Gasteiger partial charge in [0.1, 0.15) is 5.75 Å². The van der Waals surface area contributed by atoms with Crippen LogP contribution in [0, 0.1) is 0 Å². The zero-order chi connectivity index (χ0) is 17.5. The van der Waals surface area contributed by atoms with Crippen molar-refractivity contribution in [2.45, 2.75) is 18.7 Å². The molecule has 2 heterocycles. The Hall–Kier alpha value is -2.78. The maximum absolute atomic E-state index is 6.33. The summed E-state index contributed by atoms with van der Waals surface area (Å²) in [6, 6.07) is 26.6. The second-order valence-corrected chi connectivity index (χ2v) is 7.01. The summed E-state index contributed by atoms with van der Waals surface area (Å²) in [4.78, 5) is 0. The molecule has 5 rings (SSSR count). The second kappa shape index (κ2) is 6.19. The molecule has 0 aromatic heterocycles. The molecule has 0 fully saturated rings. The van der Waals surface area contributed by atoms with Crippen molar-refractivity contribution in [3.05, 3.63) is 101 Å². The highest BCUT2D eigenvalue weighted by molar-refractivity contribution is 6.30. The van der Waals surface area contributed by atoms with Gasteiger partial charge in [0.2, 0.25) is 6.23 Å². The summed E-state index contributed by atoms with van der Waals surface area (Å²) in [6.45, 7) is 0. The fraction of sp³-hybridized carbons (Fsp3) is 0.136. The molecule has 0 saturated carbocycles. The summed E-state index contributed by atoms with van der Waals surface area (Å²) in [5.74, 6) is 0.920. The molecule has 3 aromatic carbocycles. The molecule has 2 aliphatic rings. The average Bonchev–Trinajstić information content (AvgIpc) is 3.14. The molecule has 2 atom stereocenters. The predicted octanol–water partition coefficient (Wildman–Crippen LogP) is 5.58. The van der Waals surface area contributed by atoms with Gasteiger partial charge in [0, 0.05) is 22.6 Å². The van der Waals surface area contributed by atoms with Crippen LogP contribution in [0.15, 0.2) is 84.0 Å². The van der Waals surface area contributed by atoms with Crippen molar-refractivity contribution in [2.75, 3.05) is 0 Å². The minimum Gasteiger partial charge on any atom is -0.464 e. The molecule has 4 heteroatoms. The lowest BCUT2D eigenvalue weighted by molar-refractivity contribution is -0.0190. The standard InChI is InChI=1S/C22H17ClN2O/c23-17-10-6-9-16(13-17)22-25-20(18-11-4-5-12-21(18)26-22)14-19(24-25)15-7-2-1-3-8-15/h1-13,20,22H,14H2/t20-,22+/m1/s1. The van der Waals surface area contributed by atoms with Gasteiger partial charge in [-0.1, -0.05) is 72.3 Å². The molecule has 0 N–H and O–H groups in total. The Balaban J connectivity index is 1.61. The molecule has 0 aliphatic carbocycles. The van der Waals surface area contributed by atoms with Crippen LogP contribution in [0.5, 0.6) is 5.75 Å². The molecule has 0 radical (unpaired) electrons. The van der Waals surface area contributed by atoms with E-state index in [9.17, 15) is 0 Å². The Morgan fingerprint density at radius 2 is 1.73 bits per heavy atom. The van der Waals surface area contributed by atoms with Crippen LogP contribution in [-0.4, -0.2) is 10.7 Å². The normalized spacial score (nSPS) is 20.8. The van der Waals surface area contributed by atoms with Gasteiger partial charge in [-0.15, -0.1) is 0 Å². The first-order valence-corrected chi connectivity index (χ1v) is 9.10. The summed E-state index contributed by atoms with van der Waals surface area (Å²) in [5, 5.41) is 7.73. The molecule has 3 aromatic rings. The first-order chi connectivity index (χ1) is 12.8. The summed E-state index contributed by atoms with van der Waals surface area (Å²) in [5.41, 5.74) is 4.43. The van der Waals surface area contributed by atoms with E-state index < -0.39 is 0 Å². The van der Waals surface area contributed by atoms with Crippen molar-refractivity contribution in [2.24, 2.45) is 5.10 Å². The zero-order valence-electron chi connectivity index (χ0n) is 14.0. The van der Waals surface area contributed by atoms with E-state index in [0.29, 0.717) is 5.02 Å². The Morgan fingerprint density at radius 1 is 0.923 bits per heavy atom. The lowest BCUT2D eigenvalue weighted by atomic mass is 9.96. The van der Waals surface area contributed by atoms with Crippen LogP contribution in [0.25, 0.3) is 0 Å². The van der Waals surface area contributed by atoms with Gasteiger partial charge >= 0.3 is 0 Å². The van der Waals surface area contributed by atoms with Crippen LogP contribution in [0.1, 0.15) is 35.4 Å². The molecular weight excluding hydrogens is 344 g/mol. The summed E-state index contributed by atoms with van der Waals surface area (Å²) in [6.07, 6.45) is 0.580. The van der Waals surface area contributed by atoms with Crippen LogP contribution in [0.4, 0.5) is 0 Å². The van der Waals surface area contributed by atoms with E-state index in [1.165, 1.54) is 5.56 Å². The van der Waals surface area contributed by atoms with Crippen LogP contribution in [-0.2, 0) is 0 Å². The first kappa shape index (κ1) is 15.5. The number of hydrazone groups is 1. The highest BCUT2D eigenvalue weighted by atomic mass is 35.5. The van der Waals surface area contributed by atoms with E-state index in [1.807, 2.05) is 54.6 Å². The number of fused-ring (bicyclic) bond motifs is 3. The maximum atomic E-state index is 6.33. The van der Waals surface area contributed by atoms with Crippen molar-refractivity contribution < 1.29 is 4.74 Å². The molecule has 2 aliphatic heterocycles. The van der Waals surface area contributed by atoms with E-state index in [0.717, 1.165) is 29.0 Å². The molecular formula is C22H17ClN2O. The molecule has 0 unspecified atom stereocenters. The molecule has 0 saturated heterocycles. The summed E-state index contributed by atoms with van der Waals surface area (Å²) >= 11 is 6.22. The maximum Gasteiger partial charge on any atom is 0.213 e. The van der Waals surface area contributed by atoms with Gasteiger partial charge < -0.3 is 4.74 Å². The average molecular weight is 361 g/mol. The Labute approximate surface area is 157 Å². The molecule has 0 amide bonds. The van der Waals surface area contributed by atoms with E-state index in [2.05, 4.69) is 29.3 Å². The van der Waals surface area contributed by atoms with Gasteiger partial charge in [-0.2, -0.15) is 5.10 Å². The monoisotopic (exact) mass is 360 g/mol. The van der Waals surface area contributed by atoms with E-state index in [1.54, 1.807) is 0 Å². The Bertz CT molecular complexity index is 986. The highest BCUT2D eigenvalue weighted by Gasteiger charge is 2.40. The fourth-order valence-corrected chi connectivity index (χ4v) is 3.92. The van der Waals surface area contributed by atoms with E-state index in [-0.39, 0.29) is 12.3 Å². The lowest BCUT2D eigenvalue weighted by Gasteiger charge is -2.38. The Morgan fingerprint density at radius 3 is 2.58 bits per heavy atom. The van der Waals surface area contributed by atoms with E-state index in [4.69, 9.17) is 21.4 Å². The second-order valence-electron chi connectivity index (χ2n) is 6.58. The van der Waals surface area contributed by atoms with Gasteiger partial charge in [-0.25, -0.2) is 5.01 Å². The third-order valence-corrected chi connectivity index (χ3v) is 5.18. The number of hydrogen-bond donors (Lipinski definition) is 0. The van der Waals surface area contributed by atoms with Gasteiger partial charge in [-0.05, 0) is 23.8 Å². The van der Waals surface area contributed by atoms with Gasteiger partial charge in [-0.3, -0.25) is 0 Å².